The van der Waals surface area contributed by atoms with Gasteiger partial charge in [0, 0.05) is 37.8 Å². The predicted octanol–water partition coefficient (Wildman–Crippen LogP) is 1.75. The highest BCUT2D eigenvalue weighted by atomic mass is 16.4. The van der Waals surface area contributed by atoms with E-state index in [0.29, 0.717) is 25.2 Å². The fraction of sp³-hybridized carbons (Fsp3) is 0.867. The van der Waals surface area contributed by atoms with Gasteiger partial charge in [-0.1, -0.05) is 0 Å². The Morgan fingerprint density at radius 1 is 1.14 bits per heavy atom. The lowest BCUT2D eigenvalue weighted by atomic mass is 10.2. The summed E-state index contributed by atoms with van der Waals surface area (Å²) in [5.74, 6) is -0.862. The molecular formula is C15H29N3O3. The number of hydrogen-bond donors (Lipinski definition) is 2. The summed E-state index contributed by atoms with van der Waals surface area (Å²) in [6, 6.07) is 0.976. The van der Waals surface area contributed by atoms with Crippen LogP contribution in [0.3, 0.4) is 0 Å². The van der Waals surface area contributed by atoms with E-state index in [4.69, 9.17) is 5.11 Å². The van der Waals surface area contributed by atoms with E-state index < -0.39 is 5.97 Å². The molecule has 21 heavy (non-hydrogen) atoms. The third-order valence-electron chi connectivity index (χ3n) is 3.79. The SMILES string of the molecule is CC(C)N(CCNC(=O)N(CCC(=O)O)C1CC1)C(C)C. The summed E-state index contributed by atoms with van der Waals surface area (Å²) in [4.78, 5) is 26.8. The minimum atomic E-state index is -0.862. The second-order valence-electron chi connectivity index (χ2n) is 6.23. The zero-order chi connectivity index (χ0) is 16.0. The van der Waals surface area contributed by atoms with E-state index in [2.05, 4.69) is 37.9 Å². The zero-order valence-corrected chi connectivity index (χ0v) is 13.6. The molecule has 1 rings (SSSR count). The van der Waals surface area contributed by atoms with Gasteiger partial charge in [-0.15, -0.1) is 0 Å². The average Bonchev–Trinajstić information content (AvgIpc) is 3.17. The highest BCUT2D eigenvalue weighted by molar-refractivity contribution is 5.76. The third-order valence-corrected chi connectivity index (χ3v) is 3.79. The molecule has 0 heterocycles. The molecule has 122 valence electrons. The molecule has 0 unspecified atom stereocenters. The highest BCUT2D eigenvalue weighted by Crippen LogP contribution is 2.26. The third kappa shape index (κ3) is 6.33. The van der Waals surface area contributed by atoms with Crippen molar-refractivity contribution in [3.8, 4) is 0 Å². The van der Waals surface area contributed by atoms with Crippen LogP contribution in [0.2, 0.25) is 0 Å². The number of carbonyl (C=O) groups excluding carboxylic acids is 1. The Morgan fingerprint density at radius 2 is 1.71 bits per heavy atom. The van der Waals surface area contributed by atoms with Gasteiger partial charge in [0.05, 0.1) is 6.42 Å². The Hall–Kier alpha value is -1.30. The van der Waals surface area contributed by atoms with Crippen LogP contribution in [0.15, 0.2) is 0 Å². The molecule has 0 saturated heterocycles. The van der Waals surface area contributed by atoms with Crippen LogP contribution < -0.4 is 5.32 Å². The van der Waals surface area contributed by atoms with Crippen LogP contribution >= 0.6 is 0 Å². The molecule has 0 aromatic rings. The van der Waals surface area contributed by atoms with Crippen LogP contribution in [-0.4, -0.2) is 64.7 Å². The van der Waals surface area contributed by atoms with Gasteiger partial charge in [0.2, 0.25) is 0 Å². The number of rotatable bonds is 9. The standard InChI is InChI=1S/C15H29N3O3/c1-11(2)17(12(3)4)10-8-16-15(21)18(13-5-6-13)9-7-14(19)20/h11-13H,5-10H2,1-4H3,(H,16,21)(H,19,20). The zero-order valence-electron chi connectivity index (χ0n) is 13.6. The lowest BCUT2D eigenvalue weighted by molar-refractivity contribution is -0.137. The van der Waals surface area contributed by atoms with Crippen molar-refractivity contribution in [1.29, 1.82) is 0 Å². The van der Waals surface area contributed by atoms with Crippen molar-refractivity contribution in [3.63, 3.8) is 0 Å². The number of carbonyl (C=O) groups is 2. The Balaban J connectivity index is 2.37. The Labute approximate surface area is 127 Å². The number of nitrogens with one attached hydrogen (secondary N) is 1. The van der Waals surface area contributed by atoms with Crippen molar-refractivity contribution in [2.75, 3.05) is 19.6 Å². The van der Waals surface area contributed by atoms with Crippen molar-refractivity contribution in [1.82, 2.24) is 15.1 Å². The molecule has 6 heteroatoms. The van der Waals surface area contributed by atoms with Crippen LogP contribution in [0, 0.1) is 0 Å². The maximum absolute atomic E-state index is 12.2. The van der Waals surface area contributed by atoms with E-state index in [1.54, 1.807) is 4.90 Å². The number of nitrogens with zero attached hydrogens (tertiary/aromatic N) is 2. The number of aliphatic carboxylic acids is 1. The summed E-state index contributed by atoms with van der Waals surface area (Å²) in [7, 11) is 0. The van der Waals surface area contributed by atoms with Crippen molar-refractivity contribution in [3.05, 3.63) is 0 Å². The van der Waals surface area contributed by atoms with Crippen molar-refractivity contribution in [2.45, 2.75) is 65.1 Å². The van der Waals surface area contributed by atoms with Crippen molar-refractivity contribution >= 4 is 12.0 Å². The second-order valence-corrected chi connectivity index (χ2v) is 6.23. The van der Waals surface area contributed by atoms with Crippen LogP contribution in [-0.2, 0) is 4.79 Å². The van der Waals surface area contributed by atoms with Gasteiger partial charge in [-0.2, -0.15) is 0 Å². The highest BCUT2D eigenvalue weighted by Gasteiger charge is 2.32. The molecule has 0 spiro atoms. The van der Waals surface area contributed by atoms with Crippen LogP contribution in [0.25, 0.3) is 0 Å². The fourth-order valence-electron chi connectivity index (χ4n) is 2.56. The van der Waals surface area contributed by atoms with Crippen LogP contribution in [0.5, 0.6) is 0 Å². The minimum Gasteiger partial charge on any atom is -0.481 e. The molecule has 2 N–H and O–H groups in total. The average molecular weight is 299 g/mol. The van der Waals surface area contributed by atoms with E-state index in [1.165, 1.54) is 0 Å². The number of urea groups is 1. The van der Waals surface area contributed by atoms with Crippen molar-refractivity contribution < 1.29 is 14.7 Å². The van der Waals surface area contributed by atoms with Gasteiger partial charge in [0.1, 0.15) is 0 Å². The lowest BCUT2D eigenvalue weighted by Gasteiger charge is -2.31. The first-order valence-corrected chi connectivity index (χ1v) is 7.85. The van der Waals surface area contributed by atoms with E-state index in [1.807, 2.05) is 0 Å². The largest absolute Gasteiger partial charge is 0.481 e. The molecular weight excluding hydrogens is 270 g/mol. The number of carboxylic acid groups (broad SMARTS) is 1. The first kappa shape index (κ1) is 17.8. The van der Waals surface area contributed by atoms with Crippen molar-refractivity contribution in [2.24, 2.45) is 0 Å². The molecule has 0 aromatic carbocycles. The lowest BCUT2D eigenvalue weighted by Crippen LogP contribution is -2.47. The maximum atomic E-state index is 12.2. The number of amides is 2. The minimum absolute atomic E-state index is 0.00797. The fourth-order valence-corrected chi connectivity index (χ4v) is 2.56. The molecule has 1 aliphatic carbocycles. The molecule has 0 radical (unpaired) electrons. The summed E-state index contributed by atoms with van der Waals surface area (Å²) in [5, 5.41) is 11.7. The van der Waals surface area contributed by atoms with Gasteiger partial charge < -0.3 is 15.3 Å². The van der Waals surface area contributed by atoms with E-state index in [0.717, 1.165) is 19.4 Å². The molecule has 1 aliphatic rings. The number of hydrogen-bond acceptors (Lipinski definition) is 3. The Bertz CT molecular complexity index is 346. The predicted molar refractivity (Wildman–Crippen MR) is 82.4 cm³/mol. The first-order chi connectivity index (χ1) is 9.82. The summed E-state index contributed by atoms with van der Waals surface area (Å²) >= 11 is 0. The van der Waals surface area contributed by atoms with Crippen LogP contribution in [0.1, 0.15) is 47.0 Å². The van der Waals surface area contributed by atoms with E-state index in [9.17, 15) is 9.59 Å². The Morgan fingerprint density at radius 3 is 2.14 bits per heavy atom. The number of carboxylic acids is 1. The molecule has 0 bridgehead atoms. The van der Waals surface area contributed by atoms with Gasteiger partial charge in [-0.05, 0) is 40.5 Å². The molecule has 0 aromatic heterocycles. The van der Waals surface area contributed by atoms with E-state index >= 15 is 0 Å². The topological polar surface area (TPSA) is 72.9 Å². The summed E-state index contributed by atoms with van der Waals surface area (Å²) < 4.78 is 0. The molecule has 2 amide bonds. The molecule has 6 nitrogen and oxygen atoms in total. The second kappa shape index (κ2) is 8.22. The maximum Gasteiger partial charge on any atom is 0.317 e. The molecule has 1 saturated carbocycles. The van der Waals surface area contributed by atoms with Gasteiger partial charge in [-0.3, -0.25) is 9.69 Å². The summed E-state index contributed by atoms with van der Waals surface area (Å²) in [6.45, 7) is 10.3. The smallest absolute Gasteiger partial charge is 0.317 e. The molecule has 0 aliphatic heterocycles. The summed E-state index contributed by atoms with van der Waals surface area (Å²) in [6.07, 6.45) is 1.97. The normalized spacial score (nSPS) is 14.8. The quantitative estimate of drug-likeness (QED) is 0.680. The Kier molecular flexibility index (Phi) is 6.95. The van der Waals surface area contributed by atoms with Gasteiger partial charge in [0.15, 0.2) is 0 Å². The van der Waals surface area contributed by atoms with Gasteiger partial charge >= 0.3 is 12.0 Å². The monoisotopic (exact) mass is 299 g/mol. The first-order valence-electron chi connectivity index (χ1n) is 7.85. The van der Waals surface area contributed by atoms with Crippen LogP contribution in [0.4, 0.5) is 4.79 Å². The molecule has 1 fully saturated rings. The van der Waals surface area contributed by atoms with Gasteiger partial charge in [-0.25, -0.2) is 4.79 Å². The summed E-state index contributed by atoms with van der Waals surface area (Å²) in [5.41, 5.74) is 0. The van der Waals surface area contributed by atoms with Gasteiger partial charge in [0.25, 0.3) is 0 Å². The van der Waals surface area contributed by atoms with E-state index in [-0.39, 0.29) is 18.5 Å². The molecule has 0 atom stereocenters.